The number of H-pyrrole nitrogens is 1. The number of tetrazole rings is 1. The zero-order valence-electron chi connectivity index (χ0n) is 13.8. The minimum atomic E-state index is -0.310. The molecule has 0 amide bonds. The SMILES string of the molecule is Cc1ccc(-n2c(Cn3nnc(-c4ccc(F)cc4)n3)n[nH]c2=S)cc1. The van der Waals surface area contributed by atoms with Crippen LogP contribution in [-0.4, -0.2) is 35.0 Å². The third-order valence-corrected chi connectivity index (χ3v) is 4.15. The van der Waals surface area contributed by atoms with Crippen LogP contribution in [0, 0.1) is 17.5 Å². The van der Waals surface area contributed by atoms with Gasteiger partial charge in [-0.25, -0.2) is 4.39 Å². The van der Waals surface area contributed by atoms with Gasteiger partial charge in [0.15, 0.2) is 10.6 Å². The molecule has 0 saturated heterocycles. The molecule has 2 aromatic carbocycles. The van der Waals surface area contributed by atoms with E-state index >= 15 is 0 Å². The monoisotopic (exact) mass is 367 g/mol. The summed E-state index contributed by atoms with van der Waals surface area (Å²) in [5.74, 6) is 0.762. The highest BCUT2D eigenvalue weighted by atomic mass is 32.1. The molecule has 0 saturated carbocycles. The lowest BCUT2D eigenvalue weighted by atomic mass is 10.2. The molecule has 4 rings (SSSR count). The van der Waals surface area contributed by atoms with Crippen molar-refractivity contribution in [3.05, 3.63) is 70.5 Å². The summed E-state index contributed by atoms with van der Waals surface area (Å²) in [6.07, 6.45) is 0. The van der Waals surface area contributed by atoms with E-state index in [0.717, 1.165) is 11.3 Å². The fourth-order valence-electron chi connectivity index (χ4n) is 2.55. The van der Waals surface area contributed by atoms with Crippen molar-refractivity contribution in [2.45, 2.75) is 13.5 Å². The lowest BCUT2D eigenvalue weighted by molar-refractivity contribution is 0.548. The van der Waals surface area contributed by atoms with Crippen molar-refractivity contribution in [2.24, 2.45) is 0 Å². The Morgan fingerprint density at radius 3 is 2.54 bits per heavy atom. The summed E-state index contributed by atoms with van der Waals surface area (Å²) in [6.45, 7) is 2.31. The fraction of sp³-hybridized carbons (Fsp3) is 0.118. The fourth-order valence-corrected chi connectivity index (χ4v) is 2.80. The topological polar surface area (TPSA) is 77.2 Å². The zero-order chi connectivity index (χ0) is 18.1. The third kappa shape index (κ3) is 3.16. The van der Waals surface area contributed by atoms with Crippen molar-refractivity contribution in [1.82, 2.24) is 35.0 Å². The molecule has 0 aliphatic heterocycles. The zero-order valence-corrected chi connectivity index (χ0v) is 14.6. The second kappa shape index (κ2) is 6.60. The maximum absolute atomic E-state index is 13.0. The van der Waals surface area contributed by atoms with Gasteiger partial charge in [0.2, 0.25) is 5.82 Å². The van der Waals surface area contributed by atoms with Gasteiger partial charge in [0.1, 0.15) is 12.4 Å². The van der Waals surface area contributed by atoms with Gasteiger partial charge in [-0.05, 0) is 60.8 Å². The van der Waals surface area contributed by atoms with Gasteiger partial charge < -0.3 is 0 Å². The first kappa shape index (κ1) is 16.3. The van der Waals surface area contributed by atoms with Gasteiger partial charge in [-0.3, -0.25) is 9.67 Å². The molecule has 0 spiro atoms. The van der Waals surface area contributed by atoms with Crippen LogP contribution in [0.1, 0.15) is 11.4 Å². The molecule has 0 aliphatic carbocycles. The summed E-state index contributed by atoms with van der Waals surface area (Å²) in [4.78, 5) is 1.42. The van der Waals surface area contributed by atoms with Crippen LogP contribution < -0.4 is 0 Å². The molecular formula is C17H14FN7S. The molecule has 7 nitrogen and oxygen atoms in total. The standard InChI is InChI=1S/C17H14FN7S/c1-11-2-8-14(9-3-11)25-15(19-21-17(25)26)10-24-22-16(20-23-24)12-4-6-13(18)7-5-12/h2-9H,10H2,1H3,(H,21,26). The molecule has 26 heavy (non-hydrogen) atoms. The van der Waals surface area contributed by atoms with Crippen molar-refractivity contribution in [2.75, 3.05) is 0 Å². The average Bonchev–Trinajstić information content (AvgIpc) is 3.24. The van der Waals surface area contributed by atoms with Crippen molar-refractivity contribution in [1.29, 1.82) is 0 Å². The van der Waals surface area contributed by atoms with Crippen LogP contribution in [0.5, 0.6) is 0 Å². The Labute approximate surface area is 153 Å². The van der Waals surface area contributed by atoms with Crippen LogP contribution in [0.2, 0.25) is 0 Å². The van der Waals surface area contributed by atoms with E-state index in [4.69, 9.17) is 12.2 Å². The van der Waals surface area contributed by atoms with Gasteiger partial charge in [0.05, 0.1) is 0 Å². The van der Waals surface area contributed by atoms with Crippen molar-refractivity contribution in [3.8, 4) is 17.1 Å². The van der Waals surface area contributed by atoms with Crippen LogP contribution in [-0.2, 0) is 6.54 Å². The Kier molecular flexibility index (Phi) is 4.13. The third-order valence-electron chi connectivity index (χ3n) is 3.87. The van der Waals surface area contributed by atoms with E-state index in [0.29, 0.717) is 22.0 Å². The number of hydrogen-bond donors (Lipinski definition) is 1. The van der Waals surface area contributed by atoms with Crippen molar-refractivity contribution < 1.29 is 4.39 Å². The summed E-state index contributed by atoms with van der Waals surface area (Å²) in [5, 5.41) is 19.5. The van der Waals surface area contributed by atoms with Crippen LogP contribution in [0.15, 0.2) is 48.5 Å². The molecule has 0 atom stereocenters. The summed E-state index contributed by atoms with van der Waals surface area (Å²) in [6, 6.07) is 13.9. The van der Waals surface area contributed by atoms with E-state index in [1.54, 1.807) is 12.1 Å². The van der Waals surface area contributed by atoms with E-state index < -0.39 is 0 Å². The molecule has 130 valence electrons. The van der Waals surface area contributed by atoms with Gasteiger partial charge in [0, 0.05) is 11.3 Å². The number of halogens is 1. The maximum atomic E-state index is 13.0. The lowest BCUT2D eigenvalue weighted by Gasteiger charge is -2.06. The van der Waals surface area contributed by atoms with E-state index in [1.165, 1.54) is 16.9 Å². The Balaban J connectivity index is 1.64. The second-order valence-electron chi connectivity index (χ2n) is 5.77. The van der Waals surface area contributed by atoms with E-state index in [1.807, 2.05) is 35.8 Å². The first-order valence-electron chi connectivity index (χ1n) is 7.87. The Hall–Kier alpha value is -3.20. The first-order chi connectivity index (χ1) is 12.6. The average molecular weight is 367 g/mol. The molecule has 0 bridgehead atoms. The van der Waals surface area contributed by atoms with Gasteiger partial charge in [-0.15, -0.1) is 10.2 Å². The summed E-state index contributed by atoms with van der Waals surface area (Å²) < 4.78 is 15.4. The number of hydrogen-bond acceptors (Lipinski definition) is 5. The smallest absolute Gasteiger partial charge is 0.204 e. The summed E-state index contributed by atoms with van der Waals surface area (Å²) in [7, 11) is 0. The number of aromatic amines is 1. The van der Waals surface area contributed by atoms with Gasteiger partial charge >= 0.3 is 0 Å². The predicted molar refractivity (Wildman–Crippen MR) is 95.8 cm³/mol. The molecule has 2 heterocycles. The molecular weight excluding hydrogens is 353 g/mol. The van der Waals surface area contributed by atoms with E-state index in [9.17, 15) is 4.39 Å². The summed E-state index contributed by atoms with van der Waals surface area (Å²) >= 11 is 5.34. The van der Waals surface area contributed by atoms with Gasteiger partial charge in [-0.1, -0.05) is 17.7 Å². The first-order valence-corrected chi connectivity index (χ1v) is 8.28. The number of rotatable bonds is 4. The number of aromatic nitrogens is 7. The highest BCUT2D eigenvalue weighted by Gasteiger charge is 2.12. The van der Waals surface area contributed by atoms with Crippen LogP contribution in [0.3, 0.4) is 0 Å². The Morgan fingerprint density at radius 2 is 1.81 bits per heavy atom. The molecule has 2 aromatic heterocycles. The molecule has 0 radical (unpaired) electrons. The molecule has 4 aromatic rings. The minimum absolute atomic E-state index is 0.287. The normalized spacial score (nSPS) is 11.0. The second-order valence-corrected chi connectivity index (χ2v) is 6.15. The van der Waals surface area contributed by atoms with Crippen molar-refractivity contribution in [3.63, 3.8) is 0 Å². The molecule has 9 heteroatoms. The highest BCUT2D eigenvalue weighted by molar-refractivity contribution is 7.71. The number of nitrogens with one attached hydrogen (secondary N) is 1. The van der Waals surface area contributed by atoms with Crippen molar-refractivity contribution >= 4 is 12.2 Å². The van der Waals surface area contributed by atoms with E-state index in [2.05, 4.69) is 25.6 Å². The molecule has 0 aliphatic rings. The highest BCUT2D eigenvalue weighted by Crippen LogP contribution is 2.15. The maximum Gasteiger partial charge on any atom is 0.204 e. The van der Waals surface area contributed by atoms with Crippen LogP contribution in [0.4, 0.5) is 4.39 Å². The quantitative estimate of drug-likeness (QED) is 0.561. The molecule has 0 fully saturated rings. The lowest BCUT2D eigenvalue weighted by Crippen LogP contribution is -2.10. The van der Waals surface area contributed by atoms with E-state index in [-0.39, 0.29) is 12.4 Å². The molecule has 1 N–H and O–H groups in total. The van der Waals surface area contributed by atoms with Gasteiger partial charge in [-0.2, -0.15) is 9.90 Å². The Morgan fingerprint density at radius 1 is 1.08 bits per heavy atom. The predicted octanol–water partition coefficient (Wildman–Crippen LogP) is 3.08. The number of benzene rings is 2. The number of nitrogens with zero attached hydrogens (tertiary/aromatic N) is 6. The minimum Gasteiger partial charge on any atom is -0.271 e. The van der Waals surface area contributed by atoms with Gasteiger partial charge in [0.25, 0.3) is 0 Å². The Bertz CT molecular complexity index is 1090. The largest absolute Gasteiger partial charge is 0.271 e. The number of aryl methyl sites for hydroxylation is 1. The molecule has 0 unspecified atom stereocenters. The van der Waals surface area contributed by atoms with Crippen LogP contribution in [0.25, 0.3) is 17.1 Å². The summed E-state index contributed by atoms with van der Waals surface area (Å²) in [5.41, 5.74) is 2.76. The van der Waals surface area contributed by atoms with Crippen LogP contribution >= 0.6 is 12.2 Å².